The first kappa shape index (κ1) is 15.0. The van der Waals surface area contributed by atoms with Crippen LogP contribution in [0.4, 0.5) is 11.4 Å². The molecular formula is C13H11BrN2O5. The smallest absolute Gasteiger partial charge is 0.341 e. The number of carbonyl (C=O) groups is 1. The maximum Gasteiger partial charge on any atom is 0.341 e. The second kappa shape index (κ2) is 6.40. The van der Waals surface area contributed by atoms with E-state index in [0.29, 0.717) is 28.0 Å². The second-order valence-electron chi connectivity index (χ2n) is 4.07. The van der Waals surface area contributed by atoms with Crippen molar-refractivity contribution in [3.05, 3.63) is 56.4 Å². The minimum absolute atomic E-state index is 0.00785. The Kier molecular flexibility index (Phi) is 4.59. The lowest BCUT2D eigenvalue weighted by atomic mass is 10.2. The van der Waals surface area contributed by atoms with Crippen molar-refractivity contribution in [2.75, 3.05) is 12.4 Å². The van der Waals surface area contributed by atoms with E-state index in [0.717, 1.165) is 0 Å². The van der Waals surface area contributed by atoms with Gasteiger partial charge in [-0.1, -0.05) is 0 Å². The zero-order valence-corrected chi connectivity index (χ0v) is 12.5. The second-order valence-corrected chi connectivity index (χ2v) is 4.92. The van der Waals surface area contributed by atoms with Crippen molar-refractivity contribution in [1.29, 1.82) is 0 Å². The van der Waals surface area contributed by atoms with Crippen LogP contribution >= 0.6 is 15.9 Å². The van der Waals surface area contributed by atoms with Gasteiger partial charge in [-0.15, -0.1) is 0 Å². The molecule has 2 rings (SSSR count). The van der Waals surface area contributed by atoms with Crippen LogP contribution in [-0.4, -0.2) is 18.0 Å². The third-order valence-corrected chi connectivity index (χ3v) is 3.32. The molecule has 1 N–H and O–H groups in total. The number of benzene rings is 1. The molecule has 0 aliphatic carbocycles. The Morgan fingerprint density at radius 2 is 2.24 bits per heavy atom. The summed E-state index contributed by atoms with van der Waals surface area (Å²) in [6.45, 7) is 0.335. The number of methoxy groups -OCH3 is 1. The first-order valence-electron chi connectivity index (χ1n) is 5.85. The van der Waals surface area contributed by atoms with Gasteiger partial charge in [0, 0.05) is 11.8 Å². The number of rotatable bonds is 5. The van der Waals surface area contributed by atoms with Crippen molar-refractivity contribution in [3.8, 4) is 0 Å². The predicted octanol–water partition coefficient (Wildman–Crippen LogP) is 3.35. The quantitative estimate of drug-likeness (QED) is 0.502. The number of hydrogen-bond donors (Lipinski definition) is 1. The van der Waals surface area contributed by atoms with E-state index in [9.17, 15) is 14.9 Å². The van der Waals surface area contributed by atoms with E-state index in [-0.39, 0.29) is 5.69 Å². The van der Waals surface area contributed by atoms with E-state index in [4.69, 9.17) is 4.42 Å². The molecule has 8 heteroatoms. The van der Waals surface area contributed by atoms with Gasteiger partial charge in [0.25, 0.3) is 5.69 Å². The molecule has 110 valence electrons. The third kappa shape index (κ3) is 3.60. The molecule has 21 heavy (non-hydrogen) atoms. The molecule has 1 heterocycles. The average Bonchev–Trinajstić information content (AvgIpc) is 2.92. The van der Waals surface area contributed by atoms with Gasteiger partial charge in [-0.25, -0.2) is 4.79 Å². The van der Waals surface area contributed by atoms with Crippen LogP contribution in [0.1, 0.15) is 16.1 Å². The lowest BCUT2D eigenvalue weighted by Gasteiger charge is -2.05. The fraction of sp³-hybridized carbons (Fsp3) is 0.154. The molecule has 0 amide bonds. The number of nitrogens with zero attached hydrogens (tertiary/aromatic N) is 1. The van der Waals surface area contributed by atoms with Crippen LogP contribution < -0.4 is 5.32 Å². The van der Waals surface area contributed by atoms with Gasteiger partial charge >= 0.3 is 5.97 Å². The number of hydrogen-bond acceptors (Lipinski definition) is 6. The van der Waals surface area contributed by atoms with Crippen LogP contribution in [0.25, 0.3) is 0 Å². The molecule has 0 aliphatic heterocycles. The number of carbonyl (C=O) groups excluding carboxylic acids is 1. The van der Waals surface area contributed by atoms with Gasteiger partial charge in [-0.05, 0) is 34.1 Å². The summed E-state index contributed by atoms with van der Waals surface area (Å²) in [6, 6.07) is 6.16. The van der Waals surface area contributed by atoms with Crippen LogP contribution in [-0.2, 0) is 11.3 Å². The highest BCUT2D eigenvalue weighted by molar-refractivity contribution is 9.10. The van der Waals surface area contributed by atoms with E-state index in [1.165, 1.54) is 19.4 Å². The van der Waals surface area contributed by atoms with Crippen LogP contribution in [0, 0.1) is 10.1 Å². The molecular weight excluding hydrogens is 344 g/mol. The number of nitro benzene ring substituents is 1. The highest BCUT2D eigenvalue weighted by atomic mass is 79.9. The van der Waals surface area contributed by atoms with Crippen LogP contribution in [0.3, 0.4) is 0 Å². The summed E-state index contributed by atoms with van der Waals surface area (Å²) >= 11 is 3.14. The van der Waals surface area contributed by atoms with Gasteiger partial charge in [0.05, 0.1) is 28.6 Å². The molecule has 7 nitrogen and oxygen atoms in total. The van der Waals surface area contributed by atoms with Crippen molar-refractivity contribution < 1.29 is 18.9 Å². The van der Waals surface area contributed by atoms with Crippen molar-refractivity contribution in [3.63, 3.8) is 0 Å². The highest BCUT2D eigenvalue weighted by Gasteiger charge is 2.12. The number of ether oxygens (including phenoxy) is 1. The first-order chi connectivity index (χ1) is 10.0. The Labute approximate surface area is 128 Å². The van der Waals surface area contributed by atoms with E-state index >= 15 is 0 Å². The van der Waals surface area contributed by atoms with Crippen molar-refractivity contribution in [1.82, 2.24) is 0 Å². The van der Waals surface area contributed by atoms with Crippen LogP contribution in [0.5, 0.6) is 0 Å². The molecule has 0 saturated heterocycles. The molecule has 0 radical (unpaired) electrons. The largest absolute Gasteiger partial charge is 0.467 e. The third-order valence-electron chi connectivity index (χ3n) is 2.69. The molecule has 0 fully saturated rings. The number of furan rings is 1. The van der Waals surface area contributed by atoms with E-state index in [2.05, 4.69) is 26.0 Å². The molecule has 0 unspecified atom stereocenters. The van der Waals surface area contributed by atoms with Crippen molar-refractivity contribution >= 4 is 33.3 Å². The van der Waals surface area contributed by atoms with Crippen molar-refractivity contribution in [2.45, 2.75) is 6.54 Å². The lowest BCUT2D eigenvalue weighted by molar-refractivity contribution is -0.385. The summed E-state index contributed by atoms with van der Waals surface area (Å²) in [5, 5.41) is 13.7. The molecule has 0 atom stereocenters. The maximum absolute atomic E-state index is 11.3. The minimum atomic E-state index is -0.469. The summed E-state index contributed by atoms with van der Waals surface area (Å²) in [5.74, 6) is 0.0768. The van der Waals surface area contributed by atoms with E-state index in [1.54, 1.807) is 18.2 Å². The SMILES string of the molecule is COC(=O)c1coc(CNc2ccc([N+](=O)[O-])c(Br)c2)c1. The molecule has 2 aromatic rings. The summed E-state index contributed by atoms with van der Waals surface area (Å²) in [4.78, 5) is 21.5. The van der Waals surface area contributed by atoms with Gasteiger partial charge in [0.1, 0.15) is 12.0 Å². The molecule has 0 aliphatic rings. The zero-order chi connectivity index (χ0) is 15.4. The number of anilines is 1. The van der Waals surface area contributed by atoms with E-state index < -0.39 is 10.9 Å². The number of esters is 1. The topological polar surface area (TPSA) is 94.6 Å². The highest BCUT2D eigenvalue weighted by Crippen LogP contribution is 2.27. The Bertz CT molecular complexity index is 683. The zero-order valence-electron chi connectivity index (χ0n) is 11.0. The molecule has 0 bridgehead atoms. The van der Waals surface area contributed by atoms with Gasteiger partial charge in [-0.3, -0.25) is 10.1 Å². The Hall–Kier alpha value is -2.35. The molecule has 0 saturated carbocycles. The summed E-state index contributed by atoms with van der Waals surface area (Å²) in [5.41, 5.74) is 1.01. The maximum atomic E-state index is 11.3. The molecule has 1 aromatic heterocycles. The molecule has 1 aromatic carbocycles. The van der Waals surface area contributed by atoms with Gasteiger partial charge < -0.3 is 14.5 Å². The lowest BCUT2D eigenvalue weighted by Crippen LogP contribution is -2.00. The monoisotopic (exact) mass is 354 g/mol. The number of halogens is 1. The predicted molar refractivity (Wildman–Crippen MR) is 78.2 cm³/mol. The summed E-state index contributed by atoms with van der Waals surface area (Å²) < 4.78 is 10.2. The average molecular weight is 355 g/mol. The Balaban J connectivity index is 2.03. The van der Waals surface area contributed by atoms with Gasteiger partial charge in [0.15, 0.2) is 0 Å². The minimum Gasteiger partial charge on any atom is -0.467 e. The van der Waals surface area contributed by atoms with Crippen molar-refractivity contribution in [2.24, 2.45) is 0 Å². The fourth-order valence-corrected chi connectivity index (χ4v) is 2.18. The standard InChI is InChI=1S/C13H11BrN2O5/c1-20-13(17)8-4-10(21-7-8)6-15-9-2-3-12(16(18)19)11(14)5-9/h2-5,7,15H,6H2,1H3. The number of nitro groups is 1. The summed E-state index contributed by atoms with van der Waals surface area (Å²) in [6.07, 6.45) is 1.31. The van der Waals surface area contributed by atoms with Gasteiger partial charge in [-0.2, -0.15) is 0 Å². The van der Waals surface area contributed by atoms with Crippen LogP contribution in [0.15, 0.2) is 39.4 Å². The Morgan fingerprint density at radius 3 is 2.86 bits per heavy atom. The first-order valence-corrected chi connectivity index (χ1v) is 6.64. The van der Waals surface area contributed by atoms with Crippen LogP contribution in [0.2, 0.25) is 0 Å². The normalized spacial score (nSPS) is 10.2. The molecule has 0 spiro atoms. The fourth-order valence-electron chi connectivity index (χ4n) is 1.65. The van der Waals surface area contributed by atoms with E-state index in [1.807, 2.05) is 0 Å². The van der Waals surface area contributed by atoms with Gasteiger partial charge in [0.2, 0.25) is 0 Å². The summed E-state index contributed by atoms with van der Waals surface area (Å²) in [7, 11) is 1.29. The Morgan fingerprint density at radius 1 is 1.48 bits per heavy atom. The number of nitrogens with one attached hydrogen (secondary N) is 1.